The summed E-state index contributed by atoms with van der Waals surface area (Å²) < 4.78 is 26.9. The fourth-order valence-corrected chi connectivity index (χ4v) is 1.68. The number of nitrogen functional groups attached to an aromatic ring is 1. The Hall–Kier alpha value is -2.43. The van der Waals surface area contributed by atoms with Gasteiger partial charge in [0.1, 0.15) is 11.5 Å². The number of carboxylic acids is 1. The van der Waals surface area contributed by atoms with Crippen LogP contribution in [0.25, 0.3) is 11.1 Å². The van der Waals surface area contributed by atoms with Gasteiger partial charge in [-0.25, -0.2) is 13.6 Å². The van der Waals surface area contributed by atoms with E-state index in [4.69, 9.17) is 10.8 Å². The predicted molar refractivity (Wildman–Crippen MR) is 63.2 cm³/mol. The first-order valence-corrected chi connectivity index (χ1v) is 5.08. The number of carboxylic acid groups (broad SMARTS) is 1. The van der Waals surface area contributed by atoms with Gasteiger partial charge in [-0.15, -0.1) is 0 Å². The molecule has 0 atom stereocenters. The van der Waals surface area contributed by atoms with E-state index >= 15 is 0 Å². The Morgan fingerprint density at radius 2 is 1.72 bits per heavy atom. The molecular formula is C13H9F2NO2. The Morgan fingerprint density at radius 1 is 1.06 bits per heavy atom. The van der Waals surface area contributed by atoms with Crippen molar-refractivity contribution in [2.75, 3.05) is 5.73 Å². The molecule has 0 bridgehead atoms. The van der Waals surface area contributed by atoms with Crippen molar-refractivity contribution >= 4 is 11.7 Å². The zero-order valence-electron chi connectivity index (χ0n) is 9.15. The van der Waals surface area contributed by atoms with Gasteiger partial charge in [0.2, 0.25) is 0 Å². The van der Waals surface area contributed by atoms with Crippen LogP contribution in [0.15, 0.2) is 36.4 Å². The van der Waals surface area contributed by atoms with Crippen LogP contribution in [0.4, 0.5) is 14.5 Å². The molecule has 0 aliphatic carbocycles. The molecule has 2 aromatic rings. The lowest BCUT2D eigenvalue weighted by molar-refractivity contribution is 0.0697. The molecule has 0 amide bonds. The minimum atomic E-state index is -1.19. The minimum absolute atomic E-state index is 0.0353. The van der Waals surface area contributed by atoms with Gasteiger partial charge in [-0.05, 0) is 23.8 Å². The number of rotatable bonds is 2. The van der Waals surface area contributed by atoms with Crippen LogP contribution >= 0.6 is 0 Å². The van der Waals surface area contributed by atoms with Crippen molar-refractivity contribution in [2.45, 2.75) is 0 Å². The molecule has 3 nitrogen and oxygen atoms in total. The van der Waals surface area contributed by atoms with Gasteiger partial charge in [-0.1, -0.05) is 18.2 Å². The molecular weight excluding hydrogens is 240 g/mol. The normalized spacial score (nSPS) is 10.3. The zero-order chi connectivity index (χ0) is 13.3. The maximum absolute atomic E-state index is 13.8. The summed E-state index contributed by atoms with van der Waals surface area (Å²) >= 11 is 0. The molecule has 0 spiro atoms. The fourth-order valence-electron chi connectivity index (χ4n) is 1.68. The number of nitrogens with two attached hydrogens (primary N) is 1. The molecule has 0 heterocycles. The number of aromatic carboxylic acids is 1. The molecule has 18 heavy (non-hydrogen) atoms. The molecule has 0 radical (unpaired) electrons. The van der Waals surface area contributed by atoms with Gasteiger partial charge in [0.25, 0.3) is 0 Å². The van der Waals surface area contributed by atoms with Crippen molar-refractivity contribution in [1.82, 2.24) is 0 Å². The number of benzene rings is 2. The molecule has 0 saturated carbocycles. The average molecular weight is 249 g/mol. The van der Waals surface area contributed by atoms with E-state index in [9.17, 15) is 13.6 Å². The average Bonchev–Trinajstić information content (AvgIpc) is 2.36. The Morgan fingerprint density at radius 3 is 2.39 bits per heavy atom. The lowest BCUT2D eigenvalue weighted by Gasteiger charge is -2.09. The first kappa shape index (κ1) is 12.0. The van der Waals surface area contributed by atoms with Crippen molar-refractivity contribution in [3.63, 3.8) is 0 Å². The van der Waals surface area contributed by atoms with Gasteiger partial charge >= 0.3 is 5.97 Å². The second-order valence-corrected chi connectivity index (χ2v) is 3.67. The van der Waals surface area contributed by atoms with Gasteiger partial charge in [0, 0.05) is 5.56 Å². The summed E-state index contributed by atoms with van der Waals surface area (Å²) in [5.41, 5.74) is 4.69. The summed E-state index contributed by atoms with van der Waals surface area (Å²) in [5.74, 6) is -3.01. The largest absolute Gasteiger partial charge is 0.478 e. The summed E-state index contributed by atoms with van der Waals surface area (Å²) in [6.45, 7) is 0. The molecule has 0 aromatic heterocycles. The van der Waals surface area contributed by atoms with Crippen molar-refractivity contribution < 1.29 is 18.7 Å². The van der Waals surface area contributed by atoms with E-state index in [-0.39, 0.29) is 16.7 Å². The van der Waals surface area contributed by atoms with E-state index in [1.165, 1.54) is 24.3 Å². The number of anilines is 1. The third kappa shape index (κ3) is 1.90. The van der Waals surface area contributed by atoms with E-state index in [0.717, 1.165) is 6.07 Å². The Bertz CT molecular complexity index is 626. The topological polar surface area (TPSA) is 63.3 Å². The predicted octanol–water partition coefficient (Wildman–Crippen LogP) is 2.91. The summed E-state index contributed by atoms with van der Waals surface area (Å²) in [6, 6.07) is 8.06. The summed E-state index contributed by atoms with van der Waals surface area (Å²) in [7, 11) is 0. The molecule has 0 fully saturated rings. The molecule has 2 rings (SSSR count). The first-order valence-electron chi connectivity index (χ1n) is 5.08. The second kappa shape index (κ2) is 4.44. The Balaban J connectivity index is 2.70. The highest BCUT2D eigenvalue weighted by atomic mass is 19.1. The van der Waals surface area contributed by atoms with Gasteiger partial charge in [-0.3, -0.25) is 0 Å². The van der Waals surface area contributed by atoms with Crippen molar-refractivity contribution in [3.05, 3.63) is 53.6 Å². The lowest BCUT2D eigenvalue weighted by atomic mass is 9.98. The van der Waals surface area contributed by atoms with Gasteiger partial charge < -0.3 is 10.8 Å². The molecule has 2 aromatic carbocycles. The van der Waals surface area contributed by atoms with Crippen LogP contribution in [0.2, 0.25) is 0 Å². The van der Waals surface area contributed by atoms with E-state index < -0.39 is 23.3 Å². The molecule has 0 unspecified atom stereocenters. The van der Waals surface area contributed by atoms with Gasteiger partial charge in [-0.2, -0.15) is 0 Å². The van der Waals surface area contributed by atoms with Crippen LogP contribution in [0, 0.1) is 11.6 Å². The highest BCUT2D eigenvalue weighted by Gasteiger charge is 2.17. The van der Waals surface area contributed by atoms with Gasteiger partial charge in [0.15, 0.2) is 5.82 Å². The number of carbonyl (C=O) groups is 1. The molecule has 3 N–H and O–H groups in total. The summed E-state index contributed by atoms with van der Waals surface area (Å²) in [4.78, 5) is 11.0. The van der Waals surface area contributed by atoms with Crippen LogP contribution in [-0.4, -0.2) is 11.1 Å². The molecule has 0 saturated heterocycles. The van der Waals surface area contributed by atoms with E-state index in [0.29, 0.717) is 0 Å². The number of hydrogen-bond acceptors (Lipinski definition) is 2. The van der Waals surface area contributed by atoms with Gasteiger partial charge in [0.05, 0.1) is 5.56 Å². The maximum atomic E-state index is 13.8. The fraction of sp³-hybridized carbons (Fsp3) is 0. The Labute approximate surface area is 101 Å². The molecule has 0 aliphatic heterocycles. The smallest absolute Gasteiger partial charge is 0.336 e. The number of hydrogen-bond donors (Lipinski definition) is 2. The third-order valence-electron chi connectivity index (χ3n) is 2.57. The van der Waals surface area contributed by atoms with Crippen molar-refractivity contribution in [2.24, 2.45) is 0 Å². The van der Waals surface area contributed by atoms with Crippen LogP contribution < -0.4 is 5.73 Å². The van der Waals surface area contributed by atoms with Crippen molar-refractivity contribution in [3.8, 4) is 11.1 Å². The van der Waals surface area contributed by atoms with E-state index in [1.54, 1.807) is 6.07 Å². The highest BCUT2D eigenvalue weighted by Crippen LogP contribution is 2.30. The van der Waals surface area contributed by atoms with Crippen molar-refractivity contribution in [1.29, 1.82) is 0 Å². The lowest BCUT2D eigenvalue weighted by Crippen LogP contribution is -2.02. The molecule has 0 aliphatic rings. The Kier molecular flexibility index (Phi) is 2.97. The summed E-state index contributed by atoms with van der Waals surface area (Å²) in [6.07, 6.45) is 0. The van der Waals surface area contributed by atoms with Crippen LogP contribution in [-0.2, 0) is 0 Å². The SMILES string of the molecule is Nc1c(F)ccc(-c2ccccc2C(=O)O)c1F. The molecule has 92 valence electrons. The summed E-state index contributed by atoms with van der Waals surface area (Å²) in [5, 5.41) is 9.01. The minimum Gasteiger partial charge on any atom is -0.478 e. The highest BCUT2D eigenvalue weighted by molar-refractivity contribution is 5.96. The molecule has 5 heteroatoms. The van der Waals surface area contributed by atoms with Crippen LogP contribution in [0.3, 0.4) is 0 Å². The first-order chi connectivity index (χ1) is 8.52. The number of halogens is 2. The van der Waals surface area contributed by atoms with E-state index in [2.05, 4.69) is 0 Å². The quantitative estimate of drug-likeness (QED) is 0.804. The van der Waals surface area contributed by atoms with Crippen LogP contribution in [0.5, 0.6) is 0 Å². The van der Waals surface area contributed by atoms with E-state index in [1.807, 2.05) is 0 Å². The standard InChI is InChI=1S/C13H9F2NO2/c14-10-6-5-8(11(15)12(10)16)7-3-1-2-4-9(7)13(17)18/h1-6H,16H2,(H,17,18). The third-order valence-corrected chi connectivity index (χ3v) is 2.57. The second-order valence-electron chi connectivity index (χ2n) is 3.67. The van der Waals surface area contributed by atoms with Crippen LogP contribution in [0.1, 0.15) is 10.4 Å². The monoisotopic (exact) mass is 249 g/mol. The maximum Gasteiger partial charge on any atom is 0.336 e. The zero-order valence-corrected chi connectivity index (χ0v) is 9.15.